The monoisotopic (exact) mass is 412 g/mol. The summed E-state index contributed by atoms with van der Waals surface area (Å²) in [6.45, 7) is 3.54. The Morgan fingerprint density at radius 1 is 1.00 bits per heavy atom. The van der Waals surface area contributed by atoms with Crippen molar-refractivity contribution in [3.8, 4) is 11.1 Å². The Balaban J connectivity index is 1.35. The summed E-state index contributed by atoms with van der Waals surface area (Å²) in [5.74, 6) is 1.43. The maximum Gasteiger partial charge on any atom is 0.224 e. The largest absolute Gasteiger partial charge is 0.326 e. The van der Waals surface area contributed by atoms with Gasteiger partial charge in [0.15, 0.2) is 0 Å². The van der Waals surface area contributed by atoms with Crippen molar-refractivity contribution in [2.45, 2.75) is 24.6 Å². The molecule has 136 valence electrons. The maximum atomic E-state index is 12.4. The second kappa shape index (κ2) is 7.93. The summed E-state index contributed by atoms with van der Waals surface area (Å²) >= 11 is 3.47. The molecular weight excluding hydrogens is 388 g/mol. The minimum atomic E-state index is 0.151. The highest BCUT2D eigenvalue weighted by atomic mass is 79.9. The van der Waals surface area contributed by atoms with Crippen LogP contribution in [0.4, 0.5) is 5.69 Å². The number of fused-ring (bicyclic) bond motifs is 3. The lowest BCUT2D eigenvalue weighted by molar-refractivity contribution is -0.118. The molecule has 4 heteroatoms. The summed E-state index contributed by atoms with van der Waals surface area (Å²) in [7, 11) is 0. The highest BCUT2D eigenvalue weighted by Gasteiger charge is 2.34. The molecule has 3 saturated heterocycles. The molecule has 5 rings (SSSR count). The van der Waals surface area contributed by atoms with E-state index in [0.29, 0.717) is 12.3 Å². The number of rotatable bonds is 5. The first-order valence-electron chi connectivity index (χ1n) is 9.49. The van der Waals surface area contributed by atoms with Crippen molar-refractivity contribution in [1.29, 1.82) is 0 Å². The Hall–Kier alpha value is -1.65. The molecule has 0 unspecified atom stereocenters. The van der Waals surface area contributed by atoms with E-state index in [1.165, 1.54) is 42.6 Å². The van der Waals surface area contributed by atoms with Gasteiger partial charge in [0.1, 0.15) is 0 Å². The Morgan fingerprint density at radius 3 is 2.15 bits per heavy atom. The standard InChI is InChI=1S/C22H25BrN2O/c23-14-16-1-3-17(4-2-16)18-5-7-21(8-6-18)24-22(26)13-20-15-25-11-9-19(20)10-12-25/h1-8,19-20H,9-15H2,(H,24,26)/t20-/m0/s1. The molecule has 1 N–H and O–H groups in total. The van der Waals surface area contributed by atoms with Gasteiger partial charge in [0.25, 0.3) is 0 Å². The topological polar surface area (TPSA) is 32.3 Å². The Labute approximate surface area is 163 Å². The highest BCUT2D eigenvalue weighted by Crippen LogP contribution is 2.34. The summed E-state index contributed by atoms with van der Waals surface area (Å²) in [4.78, 5) is 15.0. The van der Waals surface area contributed by atoms with Crippen LogP contribution in [0, 0.1) is 11.8 Å². The normalized spacial score (nSPS) is 24.4. The number of nitrogens with zero attached hydrogens (tertiary/aromatic N) is 1. The summed E-state index contributed by atoms with van der Waals surface area (Å²) in [6.07, 6.45) is 3.18. The van der Waals surface area contributed by atoms with Crippen LogP contribution in [-0.4, -0.2) is 30.4 Å². The van der Waals surface area contributed by atoms with E-state index < -0.39 is 0 Å². The number of alkyl halides is 1. The molecule has 1 amide bonds. The van der Waals surface area contributed by atoms with Gasteiger partial charge < -0.3 is 10.2 Å². The zero-order valence-corrected chi connectivity index (χ0v) is 16.5. The number of anilines is 1. The summed E-state index contributed by atoms with van der Waals surface area (Å²) in [5, 5.41) is 3.95. The lowest BCUT2D eigenvalue weighted by Crippen LogP contribution is -2.48. The van der Waals surface area contributed by atoms with E-state index in [-0.39, 0.29) is 5.91 Å². The molecule has 0 aromatic heterocycles. The molecular formula is C22H25BrN2O. The molecule has 3 aliphatic heterocycles. The second-order valence-electron chi connectivity index (χ2n) is 7.56. The first-order valence-corrected chi connectivity index (χ1v) is 10.6. The van der Waals surface area contributed by atoms with E-state index >= 15 is 0 Å². The number of carbonyl (C=O) groups excluding carboxylic acids is 1. The van der Waals surface area contributed by atoms with Crippen molar-refractivity contribution in [3.63, 3.8) is 0 Å². The zero-order valence-electron chi connectivity index (χ0n) is 15.0. The summed E-state index contributed by atoms with van der Waals surface area (Å²) in [6, 6.07) is 16.7. The average molecular weight is 413 g/mol. The van der Waals surface area contributed by atoms with E-state index in [2.05, 4.69) is 62.5 Å². The van der Waals surface area contributed by atoms with Crippen molar-refractivity contribution in [2.75, 3.05) is 25.0 Å². The van der Waals surface area contributed by atoms with Crippen molar-refractivity contribution in [1.82, 2.24) is 4.90 Å². The van der Waals surface area contributed by atoms with Gasteiger partial charge in [-0.1, -0.05) is 52.3 Å². The van der Waals surface area contributed by atoms with E-state index in [9.17, 15) is 4.79 Å². The lowest BCUT2D eigenvalue weighted by atomic mass is 9.77. The molecule has 3 fully saturated rings. The fraction of sp³-hybridized carbons (Fsp3) is 0.409. The molecule has 2 aromatic rings. The van der Waals surface area contributed by atoms with E-state index in [4.69, 9.17) is 0 Å². The van der Waals surface area contributed by atoms with Crippen molar-refractivity contribution in [2.24, 2.45) is 11.8 Å². The first-order chi connectivity index (χ1) is 12.7. The van der Waals surface area contributed by atoms with Gasteiger partial charge in [0, 0.05) is 24.0 Å². The van der Waals surface area contributed by atoms with Gasteiger partial charge in [-0.2, -0.15) is 0 Å². The third kappa shape index (κ3) is 4.02. The Kier molecular flexibility index (Phi) is 5.41. The minimum Gasteiger partial charge on any atom is -0.326 e. The molecule has 0 aliphatic carbocycles. The van der Waals surface area contributed by atoms with Crippen molar-refractivity contribution < 1.29 is 4.79 Å². The number of nitrogens with one attached hydrogen (secondary N) is 1. The lowest BCUT2D eigenvalue weighted by Gasteiger charge is -2.44. The molecule has 2 aromatic carbocycles. The van der Waals surface area contributed by atoms with Crippen LogP contribution in [0.3, 0.4) is 0 Å². The van der Waals surface area contributed by atoms with Crippen LogP contribution < -0.4 is 5.32 Å². The van der Waals surface area contributed by atoms with Gasteiger partial charge in [-0.25, -0.2) is 0 Å². The van der Waals surface area contributed by atoms with Gasteiger partial charge in [-0.05, 0) is 66.6 Å². The summed E-state index contributed by atoms with van der Waals surface area (Å²) < 4.78 is 0. The van der Waals surface area contributed by atoms with E-state index in [1.54, 1.807) is 0 Å². The number of hydrogen-bond donors (Lipinski definition) is 1. The van der Waals surface area contributed by atoms with Gasteiger partial charge in [0.2, 0.25) is 5.91 Å². The number of halogens is 1. The number of benzene rings is 2. The third-order valence-electron chi connectivity index (χ3n) is 5.85. The molecule has 3 heterocycles. The minimum absolute atomic E-state index is 0.151. The Morgan fingerprint density at radius 2 is 1.62 bits per heavy atom. The van der Waals surface area contributed by atoms with Crippen LogP contribution in [0.1, 0.15) is 24.8 Å². The van der Waals surface area contributed by atoms with Crippen LogP contribution in [-0.2, 0) is 10.1 Å². The first kappa shape index (κ1) is 17.7. The van der Waals surface area contributed by atoms with Crippen LogP contribution in [0.15, 0.2) is 48.5 Å². The average Bonchev–Trinajstić information content (AvgIpc) is 2.69. The highest BCUT2D eigenvalue weighted by molar-refractivity contribution is 9.08. The molecule has 3 aliphatic rings. The molecule has 1 atom stereocenters. The van der Waals surface area contributed by atoms with Crippen LogP contribution >= 0.6 is 15.9 Å². The molecule has 3 nitrogen and oxygen atoms in total. The van der Waals surface area contributed by atoms with Crippen molar-refractivity contribution >= 4 is 27.5 Å². The number of carbonyl (C=O) groups is 1. The molecule has 0 spiro atoms. The third-order valence-corrected chi connectivity index (χ3v) is 6.50. The fourth-order valence-electron chi connectivity index (χ4n) is 4.30. The van der Waals surface area contributed by atoms with E-state index in [0.717, 1.165) is 23.5 Å². The van der Waals surface area contributed by atoms with Gasteiger partial charge in [-0.15, -0.1) is 0 Å². The van der Waals surface area contributed by atoms with Crippen molar-refractivity contribution in [3.05, 3.63) is 54.1 Å². The SMILES string of the molecule is O=C(C[C@H]1CN2CCC1CC2)Nc1ccc(-c2ccc(CBr)cc2)cc1. The molecule has 0 saturated carbocycles. The van der Waals surface area contributed by atoms with E-state index in [1.807, 2.05) is 12.1 Å². The zero-order chi connectivity index (χ0) is 17.9. The van der Waals surface area contributed by atoms with Crippen LogP contribution in [0.5, 0.6) is 0 Å². The Bertz CT molecular complexity index is 749. The van der Waals surface area contributed by atoms with Gasteiger partial charge in [0.05, 0.1) is 0 Å². The smallest absolute Gasteiger partial charge is 0.224 e. The molecule has 26 heavy (non-hydrogen) atoms. The summed E-state index contributed by atoms with van der Waals surface area (Å²) in [5.41, 5.74) is 4.52. The van der Waals surface area contributed by atoms with Gasteiger partial charge >= 0.3 is 0 Å². The predicted octanol–water partition coefficient (Wildman–Crippen LogP) is 4.92. The molecule has 2 bridgehead atoms. The fourth-order valence-corrected chi connectivity index (χ4v) is 4.68. The predicted molar refractivity (Wildman–Crippen MR) is 110 cm³/mol. The quantitative estimate of drug-likeness (QED) is 0.706. The van der Waals surface area contributed by atoms with Gasteiger partial charge in [-0.3, -0.25) is 4.79 Å². The van der Waals surface area contributed by atoms with Crippen LogP contribution in [0.25, 0.3) is 11.1 Å². The number of hydrogen-bond acceptors (Lipinski definition) is 2. The second-order valence-corrected chi connectivity index (χ2v) is 8.12. The van der Waals surface area contributed by atoms with Crippen LogP contribution in [0.2, 0.25) is 0 Å². The molecule has 0 radical (unpaired) electrons. The maximum absolute atomic E-state index is 12.4. The number of amides is 1. The number of piperidine rings is 3.